The maximum absolute atomic E-state index is 11.2. The van der Waals surface area contributed by atoms with E-state index in [0.717, 1.165) is 11.0 Å². The van der Waals surface area contributed by atoms with Crippen molar-refractivity contribution in [1.82, 2.24) is 4.98 Å². The van der Waals surface area contributed by atoms with E-state index in [4.69, 9.17) is 0 Å². The van der Waals surface area contributed by atoms with Gasteiger partial charge in [-0.15, -0.1) is 11.3 Å². The average molecular weight is 240 g/mol. The van der Waals surface area contributed by atoms with Gasteiger partial charge < -0.3 is 10.1 Å². The fourth-order valence-electron chi connectivity index (χ4n) is 1.66. The van der Waals surface area contributed by atoms with Crippen LogP contribution in [0.4, 0.5) is 5.13 Å². The number of hydrogen-bond donors (Lipinski definition) is 1. The van der Waals surface area contributed by atoms with Crippen molar-refractivity contribution in [3.63, 3.8) is 0 Å². The molecular formula is C11H16N2O2S. The topological polar surface area (TPSA) is 51.2 Å². The monoisotopic (exact) mass is 240 g/mol. The molecule has 1 fully saturated rings. The van der Waals surface area contributed by atoms with Crippen molar-refractivity contribution in [2.45, 2.75) is 32.2 Å². The van der Waals surface area contributed by atoms with Crippen molar-refractivity contribution < 1.29 is 9.53 Å². The summed E-state index contributed by atoms with van der Waals surface area (Å²) in [5, 5.41) is 5.83. The standard InChI is InChI=1S/C11H16N2O2S/c1-7(5-8-3-4-8)12-11-13-9(6-16-11)10(14)15-2/h6-8H,3-5H2,1-2H3,(H,12,13). The first kappa shape index (κ1) is 11.4. The van der Waals surface area contributed by atoms with Crippen LogP contribution in [0.3, 0.4) is 0 Å². The number of thiazole rings is 1. The Balaban J connectivity index is 1.88. The number of esters is 1. The van der Waals surface area contributed by atoms with Gasteiger partial charge in [-0.05, 0) is 19.3 Å². The lowest BCUT2D eigenvalue weighted by Gasteiger charge is -2.11. The summed E-state index contributed by atoms with van der Waals surface area (Å²) in [5.74, 6) is 0.515. The molecule has 1 atom stereocenters. The third-order valence-electron chi connectivity index (χ3n) is 2.65. The zero-order valence-corrected chi connectivity index (χ0v) is 10.3. The molecule has 2 rings (SSSR count). The first-order valence-electron chi connectivity index (χ1n) is 5.49. The highest BCUT2D eigenvalue weighted by Crippen LogP contribution is 2.34. The fraction of sp³-hybridized carbons (Fsp3) is 0.636. The zero-order valence-electron chi connectivity index (χ0n) is 9.53. The average Bonchev–Trinajstić information content (AvgIpc) is 2.94. The number of anilines is 1. The van der Waals surface area contributed by atoms with Crippen LogP contribution in [0.1, 0.15) is 36.7 Å². The third kappa shape index (κ3) is 2.95. The van der Waals surface area contributed by atoms with Crippen molar-refractivity contribution in [2.24, 2.45) is 5.92 Å². The van der Waals surface area contributed by atoms with Crippen LogP contribution in [0.2, 0.25) is 0 Å². The maximum atomic E-state index is 11.2. The van der Waals surface area contributed by atoms with Gasteiger partial charge in [-0.1, -0.05) is 12.8 Å². The lowest BCUT2D eigenvalue weighted by atomic mass is 10.2. The van der Waals surface area contributed by atoms with E-state index in [9.17, 15) is 4.79 Å². The molecule has 1 aliphatic carbocycles. The summed E-state index contributed by atoms with van der Waals surface area (Å²) in [6.45, 7) is 2.15. The van der Waals surface area contributed by atoms with Crippen molar-refractivity contribution in [2.75, 3.05) is 12.4 Å². The number of ether oxygens (including phenoxy) is 1. The molecule has 1 aliphatic rings. The summed E-state index contributed by atoms with van der Waals surface area (Å²) < 4.78 is 4.61. The van der Waals surface area contributed by atoms with Crippen LogP contribution in [0.5, 0.6) is 0 Å². The van der Waals surface area contributed by atoms with Crippen LogP contribution >= 0.6 is 11.3 Å². The molecule has 1 N–H and O–H groups in total. The second-order valence-corrected chi connectivity index (χ2v) is 5.11. The summed E-state index contributed by atoms with van der Waals surface area (Å²) in [4.78, 5) is 15.4. The van der Waals surface area contributed by atoms with Crippen LogP contribution in [0.15, 0.2) is 5.38 Å². The van der Waals surface area contributed by atoms with E-state index < -0.39 is 0 Å². The van der Waals surface area contributed by atoms with Gasteiger partial charge in [-0.25, -0.2) is 9.78 Å². The Morgan fingerprint density at radius 1 is 1.75 bits per heavy atom. The zero-order chi connectivity index (χ0) is 11.5. The Bertz CT molecular complexity index is 374. The smallest absolute Gasteiger partial charge is 0.357 e. The Morgan fingerprint density at radius 2 is 2.50 bits per heavy atom. The van der Waals surface area contributed by atoms with Crippen LogP contribution < -0.4 is 5.32 Å². The van der Waals surface area contributed by atoms with Crippen molar-refractivity contribution in [3.05, 3.63) is 11.1 Å². The molecule has 5 heteroatoms. The summed E-state index contributed by atoms with van der Waals surface area (Å²) in [7, 11) is 1.37. The normalized spacial score (nSPS) is 16.9. The molecule has 1 saturated carbocycles. The number of carbonyl (C=O) groups is 1. The van der Waals surface area contributed by atoms with E-state index in [1.54, 1.807) is 5.38 Å². The minimum Gasteiger partial charge on any atom is -0.464 e. The van der Waals surface area contributed by atoms with E-state index in [1.807, 2.05) is 0 Å². The van der Waals surface area contributed by atoms with E-state index in [-0.39, 0.29) is 5.97 Å². The Morgan fingerprint density at radius 3 is 3.12 bits per heavy atom. The molecule has 0 aromatic carbocycles. The SMILES string of the molecule is COC(=O)c1csc(NC(C)CC2CC2)n1. The number of aromatic nitrogens is 1. The molecule has 16 heavy (non-hydrogen) atoms. The lowest BCUT2D eigenvalue weighted by molar-refractivity contribution is 0.0595. The molecule has 1 unspecified atom stereocenters. The number of hydrogen-bond acceptors (Lipinski definition) is 5. The van der Waals surface area contributed by atoms with Gasteiger partial charge in [0.25, 0.3) is 0 Å². The Kier molecular flexibility index (Phi) is 3.43. The second-order valence-electron chi connectivity index (χ2n) is 4.25. The van der Waals surface area contributed by atoms with Gasteiger partial charge in [0.1, 0.15) is 0 Å². The molecule has 4 nitrogen and oxygen atoms in total. The molecule has 0 amide bonds. The maximum Gasteiger partial charge on any atom is 0.357 e. The molecular weight excluding hydrogens is 224 g/mol. The van der Waals surface area contributed by atoms with Gasteiger partial charge in [-0.2, -0.15) is 0 Å². The van der Waals surface area contributed by atoms with Crippen LogP contribution in [-0.4, -0.2) is 24.1 Å². The van der Waals surface area contributed by atoms with Gasteiger partial charge in [0, 0.05) is 11.4 Å². The number of rotatable bonds is 5. The lowest BCUT2D eigenvalue weighted by Crippen LogP contribution is -2.15. The quantitative estimate of drug-likeness (QED) is 0.803. The molecule has 0 radical (unpaired) electrons. The second kappa shape index (κ2) is 4.82. The number of methoxy groups -OCH3 is 1. The van der Waals surface area contributed by atoms with Crippen molar-refractivity contribution in [1.29, 1.82) is 0 Å². The number of nitrogens with one attached hydrogen (secondary N) is 1. The van der Waals surface area contributed by atoms with Crippen LogP contribution in [0.25, 0.3) is 0 Å². The summed E-state index contributed by atoms with van der Waals surface area (Å²) in [6.07, 6.45) is 3.90. The highest BCUT2D eigenvalue weighted by Gasteiger charge is 2.23. The van der Waals surface area contributed by atoms with Gasteiger partial charge in [0.15, 0.2) is 10.8 Å². The Labute approximate surface area is 99.0 Å². The summed E-state index contributed by atoms with van der Waals surface area (Å²) in [6, 6.07) is 0.421. The van der Waals surface area contributed by atoms with Gasteiger partial charge in [0.2, 0.25) is 0 Å². The molecule has 0 spiro atoms. The molecule has 0 bridgehead atoms. The molecule has 0 aliphatic heterocycles. The predicted octanol–water partition coefficient (Wildman–Crippen LogP) is 2.53. The largest absolute Gasteiger partial charge is 0.464 e. The molecule has 1 aromatic heterocycles. The van der Waals surface area contributed by atoms with Crippen LogP contribution in [-0.2, 0) is 4.74 Å². The minimum absolute atomic E-state index is 0.376. The first-order chi connectivity index (χ1) is 7.69. The summed E-state index contributed by atoms with van der Waals surface area (Å²) in [5.41, 5.74) is 0.383. The van der Waals surface area contributed by atoms with E-state index >= 15 is 0 Å². The summed E-state index contributed by atoms with van der Waals surface area (Å²) >= 11 is 1.45. The van der Waals surface area contributed by atoms with Gasteiger partial charge >= 0.3 is 5.97 Å². The van der Waals surface area contributed by atoms with Gasteiger partial charge in [-0.3, -0.25) is 0 Å². The predicted molar refractivity (Wildman–Crippen MR) is 63.9 cm³/mol. The molecule has 88 valence electrons. The number of carbonyl (C=O) groups excluding carboxylic acids is 1. The highest BCUT2D eigenvalue weighted by atomic mass is 32.1. The minimum atomic E-state index is -0.376. The first-order valence-corrected chi connectivity index (χ1v) is 6.37. The van der Waals surface area contributed by atoms with E-state index in [1.165, 1.54) is 37.7 Å². The Hall–Kier alpha value is -1.10. The van der Waals surface area contributed by atoms with Crippen molar-refractivity contribution in [3.8, 4) is 0 Å². The van der Waals surface area contributed by atoms with Crippen molar-refractivity contribution >= 4 is 22.4 Å². The highest BCUT2D eigenvalue weighted by molar-refractivity contribution is 7.13. The fourth-order valence-corrected chi connectivity index (χ4v) is 2.45. The van der Waals surface area contributed by atoms with E-state index in [0.29, 0.717) is 11.7 Å². The van der Waals surface area contributed by atoms with Gasteiger partial charge in [0.05, 0.1) is 7.11 Å². The van der Waals surface area contributed by atoms with E-state index in [2.05, 4.69) is 22.0 Å². The third-order valence-corrected chi connectivity index (χ3v) is 3.43. The molecule has 1 aromatic rings. The molecule has 1 heterocycles. The van der Waals surface area contributed by atoms with Crippen LogP contribution in [0, 0.1) is 5.92 Å². The molecule has 0 saturated heterocycles. The number of nitrogens with zero attached hydrogens (tertiary/aromatic N) is 1.